The van der Waals surface area contributed by atoms with E-state index in [-0.39, 0.29) is 34.6 Å². The molecule has 0 aromatic carbocycles. The summed E-state index contributed by atoms with van der Waals surface area (Å²) in [5, 5.41) is 22.9. The van der Waals surface area contributed by atoms with Crippen LogP contribution in [0, 0.1) is 34.5 Å². The van der Waals surface area contributed by atoms with Crippen LogP contribution >= 0.6 is 0 Å². The van der Waals surface area contributed by atoms with E-state index in [0.29, 0.717) is 31.3 Å². The first-order chi connectivity index (χ1) is 14.6. The number of cyclic esters (lactones) is 1. The van der Waals surface area contributed by atoms with E-state index >= 15 is 0 Å². The second-order valence-electron chi connectivity index (χ2n) is 11.4. The molecule has 5 rings (SSSR count). The van der Waals surface area contributed by atoms with Gasteiger partial charge in [-0.05, 0) is 86.0 Å². The molecule has 0 aromatic heterocycles. The molecule has 0 bridgehead atoms. The van der Waals surface area contributed by atoms with Gasteiger partial charge in [0.15, 0.2) is 0 Å². The van der Waals surface area contributed by atoms with Crippen molar-refractivity contribution in [2.75, 3.05) is 6.61 Å². The maximum Gasteiger partial charge on any atom is 0.331 e. The van der Waals surface area contributed by atoms with Crippen molar-refractivity contribution in [3.8, 4) is 0 Å². The number of esters is 2. The van der Waals surface area contributed by atoms with Gasteiger partial charge in [0.1, 0.15) is 12.7 Å². The lowest BCUT2D eigenvalue weighted by Gasteiger charge is -2.64. The first kappa shape index (κ1) is 21.4. The molecule has 2 N–H and O–H groups in total. The van der Waals surface area contributed by atoms with E-state index in [0.717, 1.165) is 44.1 Å². The van der Waals surface area contributed by atoms with Gasteiger partial charge in [-0.15, -0.1) is 0 Å². The van der Waals surface area contributed by atoms with E-state index < -0.39 is 17.8 Å². The molecule has 1 heterocycles. The Morgan fingerprint density at radius 2 is 1.94 bits per heavy atom. The van der Waals surface area contributed by atoms with Gasteiger partial charge in [0, 0.05) is 18.4 Å². The van der Waals surface area contributed by atoms with Crippen molar-refractivity contribution in [2.45, 2.75) is 89.9 Å². The third-order valence-electron chi connectivity index (χ3n) is 10.3. The van der Waals surface area contributed by atoms with Gasteiger partial charge in [0.05, 0.1) is 11.7 Å². The van der Waals surface area contributed by atoms with Gasteiger partial charge < -0.3 is 19.7 Å². The number of hydrogen-bond donors (Lipinski definition) is 2. The molecule has 0 aromatic rings. The maximum absolute atomic E-state index is 12.2. The van der Waals surface area contributed by atoms with Crippen LogP contribution in [-0.2, 0) is 19.1 Å². The lowest BCUT2D eigenvalue weighted by Crippen LogP contribution is -2.63. The van der Waals surface area contributed by atoms with Gasteiger partial charge in [0.25, 0.3) is 0 Å². The molecule has 1 aliphatic heterocycles. The molecule has 4 saturated carbocycles. The van der Waals surface area contributed by atoms with Crippen LogP contribution in [0.15, 0.2) is 11.6 Å². The Morgan fingerprint density at radius 3 is 2.61 bits per heavy atom. The van der Waals surface area contributed by atoms with Gasteiger partial charge in [-0.2, -0.15) is 0 Å². The Hall–Kier alpha value is -1.40. The van der Waals surface area contributed by atoms with Crippen LogP contribution in [0.3, 0.4) is 0 Å². The molecule has 6 nitrogen and oxygen atoms in total. The monoisotopic (exact) mass is 432 g/mol. The average molecular weight is 433 g/mol. The summed E-state index contributed by atoms with van der Waals surface area (Å²) in [6.07, 6.45) is 7.51. The summed E-state index contributed by atoms with van der Waals surface area (Å²) in [5.41, 5.74) is -0.00452. The molecule has 4 aliphatic carbocycles. The predicted octanol–water partition coefficient (Wildman–Crippen LogP) is 3.15. The molecule has 172 valence electrons. The normalized spacial score (nSPS) is 51.3. The summed E-state index contributed by atoms with van der Waals surface area (Å²) in [4.78, 5) is 23.3. The fourth-order valence-electron chi connectivity index (χ4n) is 8.74. The van der Waals surface area contributed by atoms with E-state index in [4.69, 9.17) is 9.47 Å². The summed E-state index contributed by atoms with van der Waals surface area (Å²) in [6, 6.07) is 0. The second kappa shape index (κ2) is 7.05. The number of fused-ring (bicyclic) bond motifs is 5. The van der Waals surface area contributed by atoms with E-state index in [1.807, 2.05) is 0 Å². The molecule has 6 heteroatoms. The highest BCUT2D eigenvalue weighted by atomic mass is 16.6. The number of aliphatic hydroxyl groups is 2. The fraction of sp³-hybridized carbons (Fsp3) is 0.840. The molecule has 4 fully saturated rings. The van der Waals surface area contributed by atoms with E-state index in [1.54, 1.807) is 6.08 Å². The highest BCUT2D eigenvalue weighted by molar-refractivity contribution is 5.85. The largest absolute Gasteiger partial charge is 0.460 e. The molecular formula is C25H36O6. The lowest BCUT2D eigenvalue weighted by molar-refractivity contribution is -0.222. The Balaban J connectivity index is 1.44. The van der Waals surface area contributed by atoms with Crippen molar-refractivity contribution in [1.29, 1.82) is 0 Å². The molecule has 31 heavy (non-hydrogen) atoms. The van der Waals surface area contributed by atoms with Crippen molar-refractivity contribution in [3.05, 3.63) is 11.6 Å². The maximum atomic E-state index is 12.2. The van der Waals surface area contributed by atoms with Gasteiger partial charge >= 0.3 is 11.9 Å². The number of carbonyl (C=O) groups excluding carboxylic acids is 2. The van der Waals surface area contributed by atoms with Crippen LogP contribution in [0.25, 0.3) is 0 Å². The van der Waals surface area contributed by atoms with Crippen molar-refractivity contribution in [2.24, 2.45) is 34.5 Å². The van der Waals surface area contributed by atoms with E-state index in [9.17, 15) is 19.8 Å². The molecule has 5 aliphatic rings. The average Bonchev–Trinajstić information content (AvgIpc) is 3.23. The van der Waals surface area contributed by atoms with Gasteiger partial charge in [0.2, 0.25) is 0 Å². The highest BCUT2D eigenvalue weighted by Gasteiger charge is 2.68. The molecule has 0 spiro atoms. The minimum absolute atomic E-state index is 0.0525. The number of carbonyl (C=O) groups is 2. The number of rotatable bonds is 2. The summed E-state index contributed by atoms with van der Waals surface area (Å²) < 4.78 is 10.7. The van der Waals surface area contributed by atoms with Crippen molar-refractivity contribution < 1.29 is 29.3 Å². The van der Waals surface area contributed by atoms with Crippen LogP contribution in [0.5, 0.6) is 0 Å². The van der Waals surface area contributed by atoms with Gasteiger partial charge in [-0.25, -0.2) is 4.79 Å². The predicted molar refractivity (Wildman–Crippen MR) is 113 cm³/mol. The topological polar surface area (TPSA) is 93.1 Å². The SMILES string of the molecule is CC(=O)O[C@@H]1C[C@]2(C)C3CC[C@]4(C)[C@@H](C5=CC(=O)OC5)CC[C@]4(O)C3CC[C@H]2C[C@H]1O. The first-order valence-corrected chi connectivity index (χ1v) is 12.0. The molecule has 9 atom stereocenters. The zero-order valence-corrected chi connectivity index (χ0v) is 18.9. The van der Waals surface area contributed by atoms with Gasteiger partial charge in [-0.3, -0.25) is 4.79 Å². The van der Waals surface area contributed by atoms with E-state index in [1.165, 1.54) is 6.92 Å². The lowest BCUT2D eigenvalue weighted by atomic mass is 9.43. The zero-order valence-electron chi connectivity index (χ0n) is 18.9. The third kappa shape index (κ3) is 2.97. The molecular weight excluding hydrogens is 396 g/mol. The standard InChI is InChI=1S/C25H36O6/c1-14(26)31-21-12-23(2)16(11-20(21)27)4-5-19-18(23)6-8-24(3)17(7-9-25(19,24)29)15-10-22(28)30-13-15/h10,16-21,27,29H,4-9,11-13H2,1-3H3/t16-,17+,18?,19?,20+,21+,23-,24+,25-/m0/s1. The van der Waals surface area contributed by atoms with Crippen molar-refractivity contribution in [1.82, 2.24) is 0 Å². The Bertz CT molecular complexity index is 821. The number of hydrogen-bond acceptors (Lipinski definition) is 6. The number of ether oxygens (including phenoxy) is 2. The molecule has 0 radical (unpaired) electrons. The van der Waals surface area contributed by atoms with Crippen LogP contribution in [0.1, 0.15) is 72.1 Å². The quantitative estimate of drug-likeness (QED) is 0.651. The van der Waals surface area contributed by atoms with Crippen LogP contribution in [0.4, 0.5) is 0 Å². The molecule has 0 amide bonds. The van der Waals surface area contributed by atoms with Gasteiger partial charge in [-0.1, -0.05) is 13.8 Å². The Morgan fingerprint density at radius 1 is 1.16 bits per heavy atom. The van der Waals surface area contributed by atoms with Crippen LogP contribution < -0.4 is 0 Å². The third-order valence-corrected chi connectivity index (χ3v) is 10.3. The Labute approximate surface area is 184 Å². The highest BCUT2D eigenvalue weighted by Crippen LogP contribution is 2.70. The summed E-state index contributed by atoms with van der Waals surface area (Å²) in [6.45, 7) is 6.31. The summed E-state index contributed by atoms with van der Waals surface area (Å²) >= 11 is 0. The smallest absolute Gasteiger partial charge is 0.331 e. The van der Waals surface area contributed by atoms with Crippen molar-refractivity contribution >= 4 is 11.9 Å². The zero-order chi connectivity index (χ0) is 22.2. The fourth-order valence-corrected chi connectivity index (χ4v) is 8.74. The van der Waals surface area contributed by atoms with Crippen LogP contribution in [-0.4, -0.2) is 46.6 Å². The van der Waals surface area contributed by atoms with Crippen molar-refractivity contribution in [3.63, 3.8) is 0 Å². The molecule has 0 saturated heterocycles. The van der Waals surface area contributed by atoms with E-state index in [2.05, 4.69) is 13.8 Å². The number of aliphatic hydroxyl groups excluding tert-OH is 1. The summed E-state index contributed by atoms with van der Waals surface area (Å²) in [7, 11) is 0. The van der Waals surface area contributed by atoms with Crippen LogP contribution in [0.2, 0.25) is 0 Å². The second-order valence-corrected chi connectivity index (χ2v) is 11.4. The molecule has 2 unspecified atom stereocenters. The minimum atomic E-state index is -0.756. The minimum Gasteiger partial charge on any atom is -0.460 e. The summed E-state index contributed by atoms with van der Waals surface area (Å²) in [5.74, 6) is 0.539. The first-order valence-electron chi connectivity index (χ1n) is 12.0. The Kier molecular flexibility index (Phi) is 4.88.